The van der Waals surface area contributed by atoms with E-state index in [0.29, 0.717) is 33.7 Å². The zero-order valence-electron chi connectivity index (χ0n) is 17.7. The number of carbonyl (C=O) groups is 2. The molecule has 0 fully saturated rings. The summed E-state index contributed by atoms with van der Waals surface area (Å²) >= 11 is 1.24. The second-order valence-corrected chi connectivity index (χ2v) is 7.87. The molecule has 0 saturated carbocycles. The van der Waals surface area contributed by atoms with Gasteiger partial charge in [0, 0.05) is 22.5 Å². The van der Waals surface area contributed by atoms with Gasteiger partial charge in [-0.05, 0) is 48.5 Å². The van der Waals surface area contributed by atoms with Crippen LogP contribution in [0.5, 0.6) is 5.75 Å². The maximum atomic E-state index is 12.4. The smallest absolute Gasteiger partial charge is 0.255 e. The van der Waals surface area contributed by atoms with Crippen LogP contribution in [0.15, 0.2) is 84.0 Å². The molecule has 8 nitrogen and oxygen atoms in total. The van der Waals surface area contributed by atoms with E-state index < -0.39 is 0 Å². The molecule has 1 heterocycles. The summed E-state index contributed by atoms with van der Waals surface area (Å²) in [5.74, 6) is 1.09. The van der Waals surface area contributed by atoms with Crippen LogP contribution in [0.4, 0.5) is 11.4 Å². The molecule has 3 N–H and O–H groups in total. The molecule has 4 rings (SSSR count). The number of rotatable bonds is 8. The minimum atomic E-state index is -0.243. The lowest BCUT2D eigenvalue weighted by atomic mass is 10.2. The van der Waals surface area contributed by atoms with E-state index in [9.17, 15) is 9.59 Å². The predicted molar refractivity (Wildman–Crippen MR) is 129 cm³/mol. The Kier molecular flexibility index (Phi) is 7.01. The molecule has 0 spiro atoms. The van der Waals surface area contributed by atoms with Crippen LogP contribution in [0.3, 0.4) is 0 Å². The third kappa shape index (κ3) is 5.98. The Morgan fingerprint density at radius 2 is 1.58 bits per heavy atom. The molecule has 166 valence electrons. The quantitative estimate of drug-likeness (QED) is 0.336. The Labute approximate surface area is 194 Å². The van der Waals surface area contributed by atoms with Gasteiger partial charge in [-0.15, -0.1) is 5.10 Å². The fourth-order valence-electron chi connectivity index (χ4n) is 2.95. The van der Waals surface area contributed by atoms with Gasteiger partial charge in [-0.1, -0.05) is 42.1 Å². The Hall–Kier alpha value is -4.11. The van der Waals surface area contributed by atoms with Gasteiger partial charge >= 0.3 is 0 Å². The number of thioether (sulfide) groups is 1. The second kappa shape index (κ2) is 10.5. The largest absolute Gasteiger partial charge is 0.497 e. The summed E-state index contributed by atoms with van der Waals surface area (Å²) in [5, 5.41) is 13.1. The van der Waals surface area contributed by atoms with Crippen LogP contribution < -0.4 is 15.4 Å². The van der Waals surface area contributed by atoms with Crippen LogP contribution >= 0.6 is 11.8 Å². The van der Waals surface area contributed by atoms with Crippen LogP contribution in [0.1, 0.15) is 10.4 Å². The van der Waals surface area contributed by atoms with E-state index in [4.69, 9.17) is 4.74 Å². The van der Waals surface area contributed by atoms with E-state index in [-0.39, 0.29) is 17.6 Å². The van der Waals surface area contributed by atoms with Gasteiger partial charge in [0.2, 0.25) is 11.1 Å². The van der Waals surface area contributed by atoms with Crippen LogP contribution in [-0.2, 0) is 4.79 Å². The zero-order valence-corrected chi connectivity index (χ0v) is 18.6. The van der Waals surface area contributed by atoms with E-state index in [1.54, 1.807) is 55.6 Å². The molecular weight excluding hydrogens is 438 g/mol. The van der Waals surface area contributed by atoms with E-state index in [1.807, 2.05) is 30.3 Å². The molecule has 1 aromatic heterocycles. The third-order valence-electron chi connectivity index (χ3n) is 4.62. The minimum Gasteiger partial charge on any atom is -0.497 e. The number of nitrogens with one attached hydrogen (secondary N) is 3. The lowest BCUT2D eigenvalue weighted by molar-refractivity contribution is -0.113. The first-order chi connectivity index (χ1) is 16.1. The maximum Gasteiger partial charge on any atom is 0.255 e. The second-order valence-electron chi connectivity index (χ2n) is 6.93. The average Bonchev–Trinajstić information content (AvgIpc) is 3.33. The monoisotopic (exact) mass is 459 g/mol. The van der Waals surface area contributed by atoms with E-state index >= 15 is 0 Å². The van der Waals surface area contributed by atoms with Crippen molar-refractivity contribution in [1.29, 1.82) is 0 Å². The summed E-state index contributed by atoms with van der Waals surface area (Å²) in [6.07, 6.45) is 0. The van der Waals surface area contributed by atoms with Crippen molar-refractivity contribution >= 4 is 35.0 Å². The number of ether oxygens (including phenoxy) is 1. The van der Waals surface area contributed by atoms with E-state index in [0.717, 1.165) is 5.56 Å². The first-order valence-electron chi connectivity index (χ1n) is 10.1. The topological polar surface area (TPSA) is 109 Å². The molecule has 0 atom stereocenters. The summed E-state index contributed by atoms with van der Waals surface area (Å²) in [5.41, 5.74) is 2.67. The number of amides is 2. The molecule has 0 saturated heterocycles. The lowest BCUT2D eigenvalue weighted by Gasteiger charge is -2.08. The SMILES string of the molecule is COc1ccc(NC(=O)c2ccc(NC(=O)CSc3n[nH]c(-c4ccccc4)n3)cc2)cc1. The summed E-state index contributed by atoms with van der Waals surface area (Å²) in [6.45, 7) is 0. The van der Waals surface area contributed by atoms with Gasteiger partial charge in [-0.2, -0.15) is 0 Å². The van der Waals surface area contributed by atoms with Crippen LogP contribution in [0, 0.1) is 0 Å². The highest BCUT2D eigenvalue weighted by Gasteiger charge is 2.10. The van der Waals surface area contributed by atoms with Gasteiger partial charge in [0.25, 0.3) is 5.91 Å². The van der Waals surface area contributed by atoms with Crippen molar-refractivity contribution in [3.05, 3.63) is 84.4 Å². The molecule has 2 amide bonds. The molecule has 0 aliphatic heterocycles. The van der Waals surface area contributed by atoms with Gasteiger partial charge in [0.05, 0.1) is 12.9 Å². The van der Waals surface area contributed by atoms with Crippen LogP contribution in [0.2, 0.25) is 0 Å². The molecule has 0 unspecified atom stereocenters. The lowest BCUT2D eigenvalue weighted by Crippen LogP contribution is -2.15. The van der Waals surface area contributed by atoms with Crippen molar-refractivity contribution in [1.82, 2.24) is 15.2 Å². The Morgan fingerprint density at radius 1 is 0.909 bits per heavy atom. The highest BCUT2D eigenvalue weighted by atomic mass is 32.2. The number of benzene rings is 3. The molecule has 9 heteroatoms. The summed E-state index contributed by atoms with van der Waals surface area (Å²) in [6, 6.07) is 23.4. The van der Waals surface area contributed by atoms with E-state index in [2.05, 4.69) is 25.8 Å². The number of aromatic nitrogens is 3. The fourth-order valence-corrected chi connectivity index (χ4v) is 3.54. The first kappa shape index (κ1) is 22.1. The number of nitrogens with zero attached hydrogens (tertiary/aromatic N) is 2. The fraction of sp³-hybridized carbons (Fsp3) is 0.0833. The van der Waals surface area contributed by atoms with Crippen LogP contribution in [0.25, 0.3) is 11.4 Å². The predicted octanol–water partition coefficient (Wildman–Crippen LogP) is 4.46. The zero-order chi connectivity index (χ0) is 23.0. The minimum absolute atomic E-state index is 0.159. The molecule has 0 aliphatic rings. The Bertz CT molecular complexity index is 1230. The highest BCUT2D eigenvalue weighted by Crippen LogP contribution is 2.20. The summed E-state index contributed by atoms with van der Waals surface area (Å²) in [7, 11) is 1.59. The Morgan fingerprint density at radius 3 is 2.27 bits per heavy atom. The first-order valence-corrected chi connectivity index (χ1v) is 11.1. The normalized spacial score (nSPS) is 10.5. The standard InChI is InChI=1S/C24H21N5O3S/c1-32-20-13-11-19(12-14-20)26-23(31)17-7-9-18(10-8-17)25-21(30)15-33-24-27-22(28-29-24)16-5-3-2-4-6-16/h2-14H,15H2,1H3,(H,25,30)(H,26,31)(H,27,28,29). The number of anilines is 2. The van der Waals surface area contributed by atoms with Crippen molar-refractivity contribution in [2.24, 2.45) is 0 Å². The number of aromatic amines is 1. The highest BCUT2D eigenvalue weighted by molar-refractivity contribution is 7.99. The molecule has 0 radical (unpaired) electrons. The van der Waals surface area contributed by atoms with Gasteiger partial charge < -0.3 is 15.4 Å². The number of H-pyrrole nitrogens is 1. The Balaban J connectivity index is 1.27. The average molecular weight is 460 g/mol. The number of carbonyl (C=O) groups excluding carboxylic acids is 2. The molecule has 0 bridgehead atoms. The van der Waals surface area contributed by atoms with Crippen molar-refractivity contribution < 1.29 is 14.3 Å². The molecule has 3 aromatic carbocycles. The summed E-state index contributed by atoms with van der Waals surface area (Å²) < 4.78 is 5.11. The van der Waals surface area contributed by atoms with Crippen molar-refractivity contribution in [3.8, 4) is 17.1 Å². The molecule has 0 aliphatic carbocycles. The summed E-state index contributed by atoms with van der Waals surface area (Å²) in [4.78, 5) is 29.1. The molecule has 33 heavy (non-hydrogen) atoms. The van der Waals surface area contributed by atoms with Gasteiger partial charge in [0.1, 0.15) is 5.75 Å². The van der Waals surface area contributed by atoms with Gasteiger partial charge in [0.15, 0.2) is 5.82 Å². The molecular formula is C24H21N5O3S. The number of methoxy groups -OCH3 is 1. The third-order valence-corrected chi connectivity index (χ3v) is 5.47. The molecule has 4 aromatic rings. The maximum absolute atomic E-state index is 12.4. The number of hydrogen-bond acceptors (Lipinski definition) is 6. The van der Waals surface area contributed by atoms with E-state index in [1.165, 1.54) is 11.8 Å². The van der Waals surface area contributed by atoms with Gasteiger partial charge in [-0.3, -0.25) is 14.7 Å². The van der Waals surface area contributed by atoms with Crippen molar-refractivity contribution in [3.63, 3.8) is 0 Å². The van der Waals surface area contributed by atoms with Gasteiger partial charge in [-0.25, -0.2) is 4.98 Å². The van der Waals surface area contributed by atoms with Crippen molar-refractivity contribution in [2.75, 3.05) is 23.5 Å². The number of hydrogen-bond donors (Lipinski definition) is 3. The van der Waals surface area contributed by atoms with Crippen LogP contribution in [-0.4, -0.2) is 39.9 Å². The van der Waals surface area contributed by atoms with Crippen molar-refractivity contribution in [2.45, 2.75) is 5.16 Å².